The Hall–Kier alpha value is -0.920. The number of carbonyl (C=O) groups is 1. The molecule has 1 aromatic heterocycles. The van der Waals surface area contributed by atoms with Crippen LogP contribution in [-0.2, 0) is 21.2 Å². The zero-order valence-corrected chi connectivity index (χ0v) is 13.1. The Balaban J connectivity index is 3.00. The van der Waals surface area contributed by atoms with Crippen LogP contribution in [0.2, 0.25) is 0 Å². The van der Waals surface area contributed by atoms with Gasteiger partial charge in [-0.1, -0.05) is 13.8 Å². The van der Waals surface area contributed by atoms with Crippen molar-refractivity contribution in [2.45, 2.75) is 37.4 Å². The molecule has 5 nitrogen and oxygen atoms in total. The Labute approximate surface area is 117 Å². The standard InChI is InChI=1S/C12H19NO4S2/c1-8(2)9(3)13(4)19(16,17)12-6-5-10(18-12)7-11(14)15/h5-6,8-9H,7H2,1-4H3,(H,14,15). The fourth-order valence-electron chi connectivity index (χ4n) is 1.52. The maximum atomic E-state index is 12.4. The topological polar surface area (TPSA) is 74.7 Å². The highest BCUT2D eigenvalue weighted by Gasteiger charge is 2.28. The molecule has 19 heavy (non-hydrogen) atoms. The summed E-state index contributed by atoms with van der Waals surface area (Å²) >= 11 is 1.02. The van der Waals surface area contributed by atoms with Gasteiger partial charge in [0, 0.05) is 18.0 Å². The van der Waals surface area contributed by atoms with Crippen LogP contribution in [0.25, 0.3) is 0 Å². The number of thiophene rings is 1. The maximum Gasteiger partial charge on any atom is 0.308 e. The van der Waals surface area contributed by atoms with E-state index in [1.165, 1.54) is 10.4 Å². The Morgan fingerprint density at radius 2 is 1.95 bits per heavy atom. The van der Waals surface area contributed by atoms with E-state index in [2.05, 4.69) is 0 Å². The van der Waals surface area contributed by atoms with Crippen molar-refractivity contribution in [2.24, 2.45) is 5.92 Å². The predicted octanol–water partition coefficient (Wildman–Crippen LogP) is 2.04. The Bertz CT molecular complexity index is 548. The normalized spacial score (nSPS) is 14.0. The van der Waals surface area contributed by atoms with Crippen LogP contribution in [0.5, 0.6) is 0 Å². The van der Waals surface area contributed by atoms with Gasteiger partial charge in [-0.15, -0.1) is 11.3 Å². The third-order valence-electron chi connectivity index (χ3n) is 3.13. The molecular weight excluding hydrogens is 286 g/mol. The third kappa shape index (κ3) is 3.77. The van der Waals surface area contributed by atoms with Gasteiger partial charge in [0.05, 0.1) is 6.42 Å². The van der Waals surface area contributed by atoms with Crippen molar-refractivity contribution in [1.29, 1.82) is 0 Å². The van der Waals surface area contributed by atoms with Crippen molar-refractivity contribution >= 4 is 27.3 Å². The lowest BCUT2D eigenvalue weighted by Gasteiger charge is -2.26. The van der Waals surface area contributed by atoms with E-state index in [1.54, 1.807) is 13.1 Å². The molecule has 0 fully saturated rings. The smallest absolute Gasteiger partial charge is 0.308 e. The van der Waals surface area contributed by atoms with E-state index in [1.807, 2.05) is 20.8 Å². The monoisotopic (exact) mass is 305 g/mol. The molecule has 1 rings (SSSR count). The summed E-state index contributed by atoms with van der Waals surface area (Å²) < 4.78 is 26.3. The molecule has 0 bridgehead atoms. The van der Waals surface area contributed by atoms with E-state index in [0.717, 1.165) is 11.3 Å². The molecule has 0 saturated heterocycles. The summed E-state index contributed by atoms with van der Waals surface area (Å²) in [5.74, 6) is -0.757. The van der Waals surface area contributed by atoms with E-state index in [4.69, 9.17) is 5.11 Å². The van der Waals surface area contributed by atoms with Gasteiger partial charge in [0.25, 0.3) is 10.0 Å². The van der Waals surface area contributed by atoms with E-state index >= 15 is 0 Å². The average Bonchev–Trinajstić information content (AvgIpc) is 2.74. The summed E-state index contributed by atoms with van der Waals surface area (Å²) in [4.78, 5) is 11.1. The number of hydrogen-bond acceptors (Lipinski definition) is 4. The quantitative estimate of drug-likeness (QED) is 0.872. The number of rotatable bonds is 6. The number of carboxylic acids is 1. The SMILES string of the molecule is CC(C)C(C)N(C)S(=O)(=O)c1ccc(CC(=O)O)s1. The summed E-state index contributed by atoms with van der Waals surface area (Å²) in [6.45, 7) is 5.77. The molecular formula is C12H19NO4S2. The average molecular weight is 305 g/mol. The molecule has 7 heteroatoms. The molecule has 1 aromatic rings. The van der Waals surface area contributed by atoms with Gasteiger partial charge >= 0.3 is 5.97 Å². The largest absolute Gasteiger partial charge is 0.481 e. The van der Waals surface area contributed by atoms with Gasteiger partial charge in [0.1, 0.15) is 4.21 Å². The van der Waals surface area contributed by atoms with Crippen molar-refractivity contribution in [2.75, 3.05) is 7.05 Å². The van der Waals surface area contributed by atoms with Crippen LogP contribution >= 0.6 is 11.3 Å². The van der Waals surface area contributed by atoms with E-state index in [9.17, 15) is 13.2 Å². The lowest BCUT2D eigenvalue weighted by molar-refractivity contribution is -0.136. The third-order valence-corrected chi connectivity index (χ3v) is 6.63. The number of sulfonamides is 1. The van der Waals surface area contributed by atoms with Gasteiger partial charge in [-0.3, -0.25) is 4.79 Å². The Kier molecular flexibility index (Phi) is 5.11. The van der Waals surface area contributed by atoms with Crippen molar-refractivity contribution in [3.63, 3.8) is 0 Å². The fraction of sp³-hybridized carbons (Fsp3) is 0.583. The first-order chi connectivity index (χ1) is 8.66. The van der Waals surface area contributed by atoms with Gasteiger partial charge < -0.3 is 5.11 Å². The molecule has 0 saturated carbocycles. The van der Waals surface area contributed by atoms with Gasteiger partial charge in [-0.05, 0) is 25.0 Å². The van der Waals surface area contributed by atoms with Crippen LogP contribution in [0.15, 0.2) is 16.3 Å². The lowest BCUT2D eigenvalue weighted by Crippen LogP contribution is -2.37. The Morgan fingerprint density at radius 1 is 1.37 bits per heavy atom. The second kappa shape index (κ2) is 6.02. The van der Waals surface area contributed by atoms with Crippen LogP contribution in [0.1, 0.15) is 25.6 Å². The molecule has 1 unspecified atom stereocenters. The van der Waals surface area contributed by atoms with E-state index in [0.29, 0.717) is 4.88 Å². The highest BCUT2D eigenvalue weighted by molar-refractivity contribution is 7.91. The molecule has 0 aliphatic rings. The van der Waals surface area contributed by atoms with Crippen molar-refractivity contribution < 1.29 is 18.3 Å². The molecule has 1 atom stereocenters. The summed E-state index contributed by atoms with van der Waals surface area (Å²) in [6, 6.07) is 2.91. The minimum Gasteiger partial charge on any atom is -0.481 e. The molecule has 0 radical (unpaired) electrons. The number of aliphatic carboxylic acids is 1. The second-order valence-electron chi connectivity index (χ2n) is 4.80. The summed E-state index contributed by atoms with van der Waals surface area (Å²) in [5, 5.41) is 8.70. The van der Waals surface area contributed by atoms with Gasteiger partial charge in [-0.25, -0.2) is 8.42 Å². The highest BCUT2D eigenvalue weighted by Crippen LogP contribution is 2.27. The van der Waals surface area contributed by atoms with Crippen LogP contribution in [0.4, 0.5) is 0 Å². The first-order valence-corrected chi connectivity index (χ1v) is 8.20. The minimum atomic E-state index is -3.54. The first-order valence-electron chi connectivity index (χ1n) is 5.94. The maximum absolute atomic E-state index is 12.4. The molecule has 1 N–H and O–H groups in total. The molecule has 0 amide bonds. The van der Waals surface area contributed by atoms with Gasteiger partial charge in [0.2, 0.25) is 0 Å². The zero-order valence-electron chi connectivity index (χ0n) is 11.5. The van der Waals surface area contributed by atoms with Crippen LogP contribution in [-0.4, -0.2) is 36.9 Å². The van der Waals surface area contributed by atoms with E-state index in [-0.39, 0.29) is 22.6 Å². The first kappa shape index (κ1) is 16.1. The number of hydrogen-bond donors (Lipinski definition) is 1. The van der Waals surface area contributed by atoms with Crippen LogP contribution in [0.3, 0.4) is 0 Å². The van der Waals surface area contributed by atoms with Crippen molar-refractivity contribution in [3.8, 4) is 0 Å². The number of carboxylic acid groups (broad SMARTS) is 1. The Morgan fingerprint density at radius 3 is 2.42 bits per heavy atom. The molecule has 108 valence electrons. The van der Waals surface area contributed by atoms with Gasteiger partial charge in [0.15, 0.2) is 0 Å². The van der Waals surface area contributed by atoms with Crippen molar-refractivity contribution in [3.05, 3.63) is 17.0 Å². The predicted molar refractivity (Wildman–Crippen MR) is 74.9 cm³/mol. The van der Waals surface area contributed by atoms with Crippen LogP contribution in [0, 0.1) is 5.92 Å². The summed E-state index contributed by atoms with van der Waals surface area (Å²) in [7, 11) is -1.99. The van der Waals surface area contributed by atoms with E-state index < -0.39 is 16.0 Å². The zero-order chi connectivity index (χ0) is 14.8. The molecule has 1 heterocycles. The van der Waals surface area contributed by atoms with Crippen molar-refractivity contribution in [1.82, 2.24) is 4.31 Å². The highest BCUT2D eigenvalue weighted by atomic mass is 32.2. The molecule has 0 aliphatic carbocycles. The molecule has 0 spiro atoms. The fourth-order valence-corrected chi connectivity index (χ4v) is 4.55. The van der Waals surface area contributed by atoms with Gasteiger partial charge in [-0.2, -0.15) is 4.31 Å². The summed E-state index contributed by atoms with van der Waals surface area (Å²) in [6.07, 6.45) is -0.149. The number of nitrogens with zero attached hydrogens (tertiary/aromatic N) is 1. The second-order valence-corrected chi connectivity index (χ2v) is 8.19. The lowest BCUT2D eigenvalue weighted by atomic mass is 10.1. The summed E-state index contributed by atoms with van der Waals surface area (Å²) in [5.41, 5.74) is 0. The molecule has 0 aromatic carbocycles. The van der Waals surface area contributed by atoms with Crippen LogP contribution < -0.4 is 0 Å². The minimum absolute atomic E-state index is 0.116. The molecule has 0 aliphatic heterocycles.